The molecule has 86 valence electrons. The van der Waals surface area contributed by atoms with Gasteiger partial charge in [0.05, 0.1) is 0 Å². The van der Waals surface area contributed by atoms with Crippen molar-refractivity contribution in [1.29, 1.82) is 0 Å². The minimum atomic E-state index is -0.299. The summed E-state index contributed by atoms with van der Waals surface area (Å²) >= 11 is 0. The van der Waals surface area contributed by atoms with Crippen molar-refractivity contribution < 1.29 is 9.53 Å². The second kappa shape index (κ2) is 4.53. The fourth-order valence-corrected chi connectivity index (χ4v) is 1.83. The third-order valence-corrected chi connectivity index (χ3v) is 2.74. The van der Waals surface area contributed by atoms with Crippen molar-refractivity contribution in [1.82, 2.24) is 0 Å². The lowest BCUT2D eigenvalue weighted by Crippen LogP contribution is -2.44. The summed E-state index contributed by atoms with van der Waals surface area (Å²) in [5, 5.41) is 0. The number of aryl methyl sites for hydroxylation is 1. The summed E-state index contributed by atoms with van der Waals surface area (Å²) in [7, 11) is 0. The highest BCUT2D eigenvalue weighted by Crippen LogP contribution is 2.21. The van der Waals surface area contributed by atoms with Crippen molar-refractivity contribution in [3.8, 4) is 0 Å². The molecule has 0 radical (unpaired) electrons. The van der Waals surface area contributed by atoms with Crippen LogP contribution in [-0.4, -0.2) is 25.3 Å². The molecule has 2 N–H and O–H groups in total. The molecule has 0 bridgehead atoms. The Balaban J connectivity index is 2.14. The zero-order valence-electron chi connectivity index (χ0n) is 9.35. The van der Waals surface area contributed by atoms with Crippen LogP contribution in [0.4, 0.5) is 10.5 Å². The molecular weight excluding hydrogens is 204 g/mol. The van der Waals surface area contributed by atoms with Gasteiger partial charge in [-0.25, -0.2) is 4.79 Å². The number of cyclic esters (lactones) is 1. The molecule has 0 aliphatic carbocycles. The fraction of sp³-hybridized carbons (Fsp3) is 0.417. The molecule has 1 saturated heterocycles. The maximum absolute atomic E-state index is 11.7. The minimum Gasteiger partial charge on any atom is -0.444 e. The van der Waals surface area contributed by atoms with E-state index in [9.17, 15) is 4.79 Å². The van der Waals surface area contributed by atoms with E-state index < -0.39 is 0 Å². The Morgan fingerprint density at radius 2 is 2.38 bits per heavy atom. The highest BCUT2D eigenvalue weighted by atomic mass is 16.6. The molecule has 1 fully saturated rings. The van der Waals surface area contributed by atoms with Gasteiger partial charge in [0.1, 0.15) is 6.10 Å². The third-order valence-electron chi connectivity index (χ3n) is 2.74. The summed E-state index contributed by atoms with van der Waals surface area (Å²) < 4.78 is 5.20. The van der Waals surface area contributed by atoms with Crippen LogP contribution in [0.3, 0.4) is 0 Å². The van der Waals surface area contributed by atoms with Gasteiger partial charge in [-0.2, -0.15) is 0 Å². The quantitative estimate of drug-likeness (QED) is 0.824. The van der Waals surface area contributed by atoms with Crippen molar-refractivity contribution in [2.75, 3.05) is 18.0 Å². The maximum atomic E-state index is 11.7. The van der Waals surface area contributed by atoms with Crippen LogP contribution in [0.15, 0.2) is 24.3 Å². The monoisotopic (exact) mass is 220 g/mol. The standard InChI is InChI=1S/C12H16N2O2/c1-9-3-2-4-10(7-9)14-6-5-11(8-13)16-12(14)15/h2-4,7,11H,5-6,8,13H2,1H3. The van der Waals surface area contributed by atoms with Gasteiger partial charge >= 0.3 is 6.09 Å². The molecule has 1 aliphatic heterocycles. The van der Waals surface area contributed by atoms with Crippen LogP contribution in [-0.2, 0) is 4.74 Å². The lowest BCUT2D eigenvalue weighted by Gasteiger charge is -2.31. The molecule has 1 amide bonds. The van der Waals surface area contributed by atoms with Crippen LogP contribution in [0.5, 0.6) is 0 Å². The summed E-state index contributed by atoms with van der Waals surface area (Å²) in [6.45, 7) is 3.07. The van der Waals surface area contributed by atoms with E-state index in [1.54, 1.807) is 4.90 Å². The largest absolute Gasteiger partial charge is 0.444 e. The predicted molar refractivity (Wildman–Crippen MR) is 62.5 cm³/mol. The molecule has 1 aromatic rings. The molecule has 0 aromatic heterocycles. The second-order valence-corrected chi connectivity index (χ2v) is 4.02. The number of rotatable bonds is 2. The van der Waals surface area contributed by atoms with E-state index in [-0.39, 0.29) is 12.2 Å². The van der Waals surface area contributed by atoms with Crippen molar-refractivity contribution in [2.45, 2.75) is 19.4 Å². The van der Waals surface area contributed by atoms with Gasteiger partial charge in [-0.05, 0) is 24.6 Å². The van der Waals surface area contributed by atoms with Crippen LogP contribution in [0.25, 0.3) is 0 Å². The van der Waals surface area contributed by atoms with Gasteiger partial charge in [-0.15, -0.1) is 0 Å². The average Bonchev–Trinajstić information content (AvgIpc) is 2.28. The number of hydrogen-bond donors (Lipinski definition) is 1. The first kappa shape index (κ1) is 11.0. The molecule has 1 unspecified atom stereocenters. The zero-order chi connectivity index (χ0) is 11.5. The summed E-state index contributed by atoms with van der Waals surface area (Å²) in [6.07, 6.45) is 0.358. The predicted octanol–water partition coefficient (Wildman–Crippen LogP) is 1.67. The summed E-state index contributed by atoms with van der Waals surface area (Å²) in [5.41, 5.74) is 7.50. The number of carbonyl (C=O) groups is 1. The molecule has 2 rings (SSSR count). The minimum absolute atomic E-state index is 0.131. The van der Waals surface area contributed by atoms with Gasteiger partial charge < -0.3 is 10.5 Å². The van der Waals surface area contributed by atoms with Gasteiger partial charge in [-0.3, -0.25) is 4.90 Å². The Kier molecular flexibility index (Phi) is 3.10. The topological polar surface area (TPSA) is 55.6 Å². The Morgan fingerprint density at radius 1 is 1.56 bits per heavy atom. The molecule has 0 saturated carbocycles. The Labute approximate surface area is 95.0 Å². The van der Waals surface area contributed by atoms with Crippen molar-refractivity contribution in [2.24, 2.45) is 5.73 Å². The van der Waals surface area contributed by atoms with E-state index in [1.165, 1.54) is 0 Å². The van der Waals surface area contributed by atoms with E-state index in [0.717, 1.165) is 17.7 Å². The van der Waals surface area contributed by atoms with Gasteiger partial charge in [-0.1, -0.05) is 12.1 Å². The van der Waals surface area contributed by atoms with E-state index in [1.807, 2.05) is 31.2 Å². The van der Waals surface area contributed by atoms with Crippen molar-refractivity contribution >= 4 is 11.8 Å². The highest BCUT2D eigenvalue weighted by Gasteiger charge is 2.27. The SMILES string of the molecule is Cc1cccc(N2CCC(CN)OC2=O)c1. The Morgan fingerprint density at radius 3 is 3.00 bits per heavy atom. The normalized spacial score (nSPS) is 20.8. The van der Waals surface area contributed by atoms with Crippen molar-refractivity contribution in [3.05, 3.63) is 29.8 Å². The Bertz CT molecular complexity index is 392. The summed E-state index contributed by atoms with van der Waals surface area (Å²) in [5.74, 6) is 0. The first-order valence-corrected chi connectivity index (χ1v) is 5.45. The molecule has 1 heterocycles. The lowest BCUT2D eigenvalue weighted by molar-refractivity contribution is 0.0888. The van der Waals surface area contributed by atoms with Crippen LogP contribution in [0.1, 0.15) is 12.0 Å². The van der Waals surface area contributed by atoms with Crippen LogP contribution < -0.4 is 10.6 Å². The van der Waals surface area contributed by atoms with Crippen LogP contribution in [0.2, 0.25) is 0 Å². The lowest BCUT2D eigenvalue weighted by atomic mass is 10.1. The first-order valence-electron chi connectivity index (χ1n) is 5.45. The number of ether oxygens (including phenoxy) is 1. The number of carbonyl (C=O) groups excluding carboxylic acids is 1. The van der Waals surface area contributed by atoms with E-state index in [0.29, 0.717) is 13.1 Å². The molecule has 1 aromatic carbocycles. The maximum Gasteiger partial charge on any atom is 0.414 e. The van der Waals surface area contributed by atoms with Gasteiger partial charge in [0.15, 0.2) is 0 Å². The van der Waals surface area contributed by atoms with E-state index in [4.69, 9.17) is 10.5 Å². The molecule has 4 nitrogen and oxygen atoms in total. The molecule has 16 heavy (non-hydrogen) atoms. The molecule has 1 atom stereocenters. The molecule has 4 heteroatoms. The smallest absolute Gasteiger partial charge is 0.414 e. The van der Waals surface area contributed by atoms with E-state index in [2.05, 4.69) is 0 Å². The average molecular weight is 220 g/mol. The molecule has 1 aliphatic rings. The number of benzene rings is 1. The first-order chi connectivity index (χ1) is 7.70. The summed E-state index contributed by atoms with van der Waals surface area (Å²) in [4.78, 5) is 13.4. The number of amides is 1. The zero-order valence-corrected chi connectivity index (χ0v) is 9.35. The summed E-state index contributed by atoms with van der Waals surface area (Å²) in [6, 6.07) is 7.83. The third kappa shape index (κ3) is 2.17. The van der Waals surface area contributed by atoms with Gasteiger partial charge in [0, 0.05) is 25.2 Å². The number of nitrogens with zero attached hydrogens (tertiary/aromatic N) is 1. The van der Waals surface area contributed by atoms with Gasteiger partial charge in [0.25, 0.3) is 0 Å². The fourth-order valence-electron chi connectivity index (χ4n) is 1.83. The number of hydrogen-bond acceptors (Lipinski definition) is 3. The number of anilines is 1. The molecule has 0 spiro atoms. The van der Waals surface area contributed by atoms with E-state index >= 15 is 0 Å². The Hall–Kier alpha value is -1.55. The highest BCUT2D eigenvalue weighted by molar-refractivity contribution is 5.88. The number of nitrogens with two attached hydrogens (primary N) is 1. The van der Waals surface area contributed by atoms with Crippen molar-refractivity contribution in [3.63, 3.8) is 0 Å². The molecular formula is C12H16N2O2. The second-order valence-electron chi connectivity index (χ2n) is 4.02. The van der Waals surface area contributed by atoms with Crippen LogP contribution >= 0.6 is 0 Å². The van der Waals surface area contributed by atoms with Gasteiger partial charge in [0.2, 0.25) is 0 Å². The van der Waals surface area contributed by atoms with Crippen LogP contribution in [0, 0.1) is 6.92 Å².